The SMILES string of the molecule is CCC[C@@H](CCCCNC(=O)COCCOCCNC(=O)COCCOCCCC(=O)CC[C@H](NC(=O)CCCCCCCCCCCCCCCCC(=O)O)C(=O)O)C(=O)CN.[HH]. The average Bonchev–Trinajstić information content (AvgIpc) is 3.25. The van der Waals surface area contributed by atoms with Gasteiger partial charge in [-0.3, -0.25) is 28.8 Å². The molecule has 7 N–H and O–H groups in total. The highest BCUT2D eigenvalue weighted by molar-refractivity contribution is 5.85. The Morgan fingerprint density at radius 2 is 1.02 bits per heavy atom. The van der Waals surface area contributed by atoms with Crippen molar-refractivity contribution >= 4 is 41.2 Å². The molecule has 0 aliphatic heterocycles. The van der Waals surface area contributed by atoms with Gasteiger partial charge in [0.2, 0.25) is 17.7 Å². The van der Waals surface area contributed by atoms with Gasteiger partial charge in [-0.1, -0.05) is 96.8 Å². The number of carbonyl (C=O) groups excluding carboxylic acids is 5. The molecule has 0 aromatic carbocycles. The Kier molecular flexibility index (Phi) is 41.3. The van der Waals surface area contributed by atoms with Crippen molar-refractivity contribution in [2.24, 2.45) is 11.7 Å². The molecule has 17 heteroatoms. The third-order valence-corrected chi connectivity index (χ3v) is 10.5. The molecule has 63 heavy (non-hydrogen) atoms. The van der Waals surface area contributed by atoms with E-state index in [0.29, 0.717) is 26.0 Å². The molecule has 2 atom stereocenters. The zero-order valence-electron chi connectivity index (χ0n) is 38.6. The summed E-state index contributed by atoms with van der Waals surface area (Å²) in [5, 5.41) is 26.2. The lowest BCUT2D eigenvalue weighted by Crippen LogP contribution is -2.41. The Morgan fingerprint density at radius 1 is 0.508 bits per heavy atom. The second-order valence-corrected chi connectivity index (χ2v) is 16.2. The number of amides is 3. The van der Waals surface area contributed by atoms with Crippen molar-refractivity contribution in [2.45, 2.75) is 173 Å². The summed E-state index contributed by atoms with van der Waals surface area (Å²) in [6.07, 6.45) is 20.6. The Labute approximate surface area is 378 Å². The number of hydrogen-bond donors (Lipinski definition) is 6. The van der Waals surface area contributed by atoms with Crippen molar-refractivity contribution in [3.8, 4) is 0 Å². The largest absolute Gasteiger partial charge is 0.481 e. The number of rotatable bonds is 48. The van der Waals surface area contributed by atoms with Crippen LogP contribution in [-0.2, 0) is 52.5 Å². The molecule has 0 unspecified atom stereocenters. The second kappa shape index (κ2) is 43.7. The molecule has 0 rings (SSSR count). The molecule has 0 saturated heterocycles. The average molecular weight is 903 g/mol. The molecular formula is C46H86N4O13. The Balaban J connectivity index is 0. The van der Waals surface area contributed by atoms with Crippen LogP contribution < -0.4 is 21.7 Å². The molecule has 0 spiro atoms. The van der Waals surface area contributed by atoms with Crippen LogP contribution in [0.2, 0.25) is 0 Å². The predicted octanol–water partition coefficient (Wildman–Crippen LogP) is 5.67. The molecule has 0 aliphatic rings. The number of ketones is 2. The fraction of sp³-hybridized carbons (Fsp3) is 0.848. The number of carboxylic acids is 2. The van der Waals surface area contributed by atoms with Crippen LogP contribution in [0.3, 0.4) is 0 Å². The van der Waals surface area contributed by atoms with Crippen LogP contribution in [0, 0.1) is 5.92 Å². The maximum atomic E-state index is 12.3. The number of nitrogens with one attached hydrogen (secondary N) is 3. The lowest BCUT2D eigenvalue weighted by Gasteiger charge is -2.14. The summed E-state index contributed by atoms with van der Waals surface area (Å²) < 4.78 is 21.5. The van der Waals surface area contributed by atoms with Crippen LogP contribution in [0.25, 0.3) is 0 Å². The van der Waals surface area contributed by atoms with Crippen molar-refractivity contribution in [3.63, 3.8) is 0 Å². The summed E-state index contributed by atoms with van der Waals surface area (Å²) >= 11 is 0. The van der Waals surface area contributed by atoms with Crippen molar-refractivity contribution in [2.75, 3.05) is 72.5 Å². The Morgan fingerprint density at radius 3 is 1.54 bits per heavy atom. The monoisotopic (exact) mass is 903 g/mol. The summed E-state index contributed by atoms with van der Waals surface area (Å²) in [6.45, 7) is 4.23. The van der Waals surface area contributed by atoms with Gasteiger partial charge in [0.15, 0.2) is 0 Å². The summed E-state index contributed by atoms with van der Waals surface area (Å²) in [5.41, 5.74) is 5.49. The highest BCUT2D eigenvalue weighted by atomic mass is 16.5. The van der Waals surface area contributed by atoms with Crippen molar-refractivity contribution in [1.29, 1.82) is 0 Å². The fourth-order valence-corrected chi connectivity index (χ4v) is 6.87. The molecule has 0 saturated carbocycles. The van der Waals surface area contributed by atoms with E-state index in [9.17, 15) is 38.7 Å². The van der Waals surface area contributed by atoms with E-state index in [2.05, 4.69) is 16.0 Å². The van der Waals surface area contributed by atoms with Gasteiger partial charge in [-0.15, -0.1) is 0 Å². The van der Waals surface area contributed by atoms with Crippen molar-refractivity contribution in [3.05, 3.63) is 0 Å². The summed E-state index contributed by atoms with van der Waals surface area (Å²) in [6, 6.07) is -1.10. The second-order valence-electron chi connectivity index (χ2n) is 16.2. The van der Waals surface area contributed by atoms with Gasteiger partial charge in [-0.25, -0.2) is 4.79 Å². The summed E-state index contributed by atoms with van der Waals surface area (Å²) in [4.78, 5) is 82.6. The molecule has 0 aromatic rings. The van der Waals surface area contributed by atoms with Crippen LogP contribution in [0.4, 0.5) is 0 Å². The standard InChI is InChI=1S/C46H84N4O13.H2/c1-2-20-38(41(52)35-47)21-17-18-27-48-43(54)36-63-34-32-61-30-28-49-44(55)37-62-33-31-60-29-19-22-39(51)25-26-40(46(58)59)50-42(53)23-15-13-11-9-7-5-3-4-6-8-10-12-14-16-24-45(56)57;/h38,40H,2-37,47H2,1H3,(H,48,54)(H,49,55)(H,50,53)(H,56,57)(H,58,59);1H/t38-,40-;/m0./s1. The number of Topliss-reactive ketones (excluding diaryl/α,β-unsaturated/α-hetero) is 2. The van der Waals surface area contributed by atoms with Gasteiger partial charge in [-0.05, 0) is 44.9 Å². The number of nitrogens with two attached hydrogens (primary N) is 1. The Hall–Kier alpha value is -3.51. The van der Waals surface area contributed by atoms with Gasteiger partial charge in [0.05, 0.1) is 39.6 Å². The van der Waals surface area contributed by atoms with E-state index in [0.717, 1.165) is 70.6 Å². The fourth-order valence-electron chi connectivity index (χ4n) is 6.87. The first-order chi connectivity index (χ1) is 30.5. The molecule has 17 nitrogen and oxygen atoms in total. The van der Waals surface area contributed by atoms with Crippen LogP contribution in [0.15, 0.2) is 0 Å². The first kappa shape index (κ1) is 59.5. The highest BCUT2D eigenvalue weighted by Crippen LogP contribution is 2.16. The molecular weight excluding hydrogens is 817 g/mol. The maximum Gasteiger partial charge on any atom is 0.326 e. The third-order valence-electron chi connectivity index (χ3n) is 10.5. The highest BCUT2D eigenvalue weighted by Gasteiger charge is 2.21. The topological polar surface area (TPSA) is 259 Å². The van der Waals surface area contributed by atoms with E-state index in [4.69, 9.17) is 29.8 Å². The minimum atomic E-state index is -1.16. The number of carbonyl (C=O) groups is 7. The van der Waals surface area contributed by atoms with E-state index >= 15 is 0 Å². The van der Waals surface area contributed by atoms with Gasteiger partial charge in [0.25, 0.3) is 0 Å². The number of aliphatic carboxylic acids is 2. The van der Waals surface area contributed by atoms with Gasteiger partial charge in [0.1, 0.15) is 30.8 Å². The third kappa shape index (κ3) is 41.0. The maximum absolute atomic E-state index is 12.3. The number of carboxylic acid groups (broad SMARTS) is 2. The zero-order valence-corrected chi connectivity index (χ0v) is 38.6. The minimum absolute atomic E-state index is 0. The van der Waals surface area contributed by atoms with Crippen LogP contribution in [-0.4, -0.2) is 130 Å². The zero-order chi connectivity index (χ0) is 46.6. The lowest BCUT2D eigenvalue weighted by molar-refractivity contribution is -0.142. The van der Waals surface area contributed by atoms with E-state index in [1.54, 1.807) is 0 Å². The number of unbranched alkanes of at least 4 members (excludes halogenated alkanes) is 14. The van der Waals surface area contributed by atoms with Gasteiger partial charge < -0.3 is 50.8 Å². The molecule has 3 amide bonds. The molecule has 0 bridgehead atoms. The van der Waals surface area contributed by atoms with Gasteiger partial charge in [-0.2, -0.15) is 0 Å². The summed E-state index contributed by atoms with van der Waals surface area (Å²) in [5.74, 6) is -2.70. The van der Waals surface area contributed by atoms with Gasteiger partial charge >= 0.3 is 11.9 Å². The van der Waals surface area contributed by atoms with E-state index in [1.165, 1.54) is 44.9 Å². The quantitative estimate of drug-likeness (QED) is 0.0402. The molecule has 0 radical (unpaired) electrons. The van der Waals surface area contributed by atoms with E-state index in [1.807, 2.05) is 6.92 Å². The Bertz CT molecular complexity index is 1230. The lowest BCUT2D eigenvalue weighted by atomic mass is 9.93. The van der Waals surface area contributed by atoms with E-state index in [-0.39, 0.29) is 128 Å². The van der Waals surface area contributed by atoms with Crippen molar-refractivity contribution in [1.82, 2.24) is 16.0 Å². The summed E-state index contributed by atoms with van der Waals surface area (Å²) in [7, 11) is 0. The molecule has 368 valence electrons. The van der Waals surface area contributed by atoms with Crippen molar-refractivity contribution < 1.29 is 64.1 Å². The normalized spacial score (nSPS) is 12.1. The molecule has 0 aliphatic carbocycles. The molecule has 0 aromatic heterocycles. The van der Waals surface area contributed by atoms with Crippen LogP contribution in [0.5, 0.6) is 0 Å². The predicted molar refractivity (Wildman–Crippen MR) is 242 cm³/mol. The smallest absolute Gasteiger partial charge is 0.326 e. The minimum Gasteiger partial charge on any atom is -0.481 e. The van der Waals surface area contributed by atoms with Gasteiger partial charge in [0, 0.05) is 52.7 Å². The molecule has 0 heterocycles. The van der Waals surface area contributed by atoms with Crippen LogP contribution >= 0.6 is 0 Å². The first-order valence-corrected chi connectivity index (χ1v) is 23.8. The van der Waals surface area contributed by atoms with Crippen LogP contribution in [0.1, 0.15) is 169 Å². The molecule has 0 fully saturated rings. The number of ether oxygens (including phenoxy) is 4. The first-order valence-electron chi connectivity index (χ1n) is 23.8. The number of hydrogen-bond acceptors (Lipinski definition) is 12. The van der Waals surface area contributed by atoms with E-state index < -0.39 is 18.0 Å².